The number of carbonyl (C=O) groups excluding carboxylic acids is 1. The van der Waals surface area contributed by atoms with E-state index in [1.807, 2.05) is 24.3 Å². The number of rotatable bonds is 7. The summed E-state index contributed by atoms with van der Waals surface area (Å²) in [6, 6.07) is 19.1. The minimum atomic E-state index is -0.276. The first kappa shape index (κ1) is 23.4. The predicted molar refractivity (Wildman–Crippen MR) is 133 cm³/mol. The molecule has 2 aliphatic rings. The number of fused-ring (bicyclic) bond motifs is 1. The third-order valence-electron chi connectivity index (χ3n) is 7.56. The Morgan fingerprint density at radius 2 is 1.83 bits per heavy atom. The lowest BCUT2D eigenvalue weighted by Crippen LogP contribution is -2.24. The second-order valence-electron chi connectivity index (χ2n) is 9.56. The summed E-state index contributed by atoms with van der Waals surface area (Å²) in [6.45, 7) is 0. The molecule has 35 heavy (non-hydrogen) atoms. The lowest BCUT2D eigenvalue weighted by molar-refractivity contribution is -0.141. The van der Waals surface area contributed by atoms with Gasteiger partial charge in [-0.1, -0.05) is 42.8 Å². The zero-order chi connectivity index (χ0) is 24.4. The summed E-state index contributed by atoms with van der Waals surface area (Å²) in [5.74, 6) is 1.78. The van der Waals surface area contributed by atoms with Crippen LogP contribution in [0.1, 0.15) is 60.8 Å². The molecule has 1 unspecified atom stereocenters. The summed E-state index contributed by atoms with van der Waals surface area (Å²) < 4.78 is 31.1. The summed E-state index contributed by atoms with van der Waals surface area (Å²) >= 11 is 0. The van der Waals surface area contributed by atoms with Gasteiger partial charge in [0.05, 0.1) is 20.6 Å². The van der Waals surface area contributed by atoms with Gasteiger partial charge in [-0.15, -0.1) is 0 Å². The van der Waals surface area contributed by atoms with Gasteiger partial charge in [0.15, 0.2) is 0 Å². The van der Waals surface area contributed by atoms with E-state index >= 15 is 0 Å². The fraction of sp³-hybridized carbons (Fsp3) is 0.367. The molecule has 182 valence electrons. The fourth-order valence-corrected chi connectivity index (χ4v) is 5.24. The molecule has 0 amide bonds. The number of methoxy groups -OCH3 is 2. The zero-order valence-corrected chi connectivity index (χ0v) is 20.3. The first-order chi connectivity index (χ1) is 17.1. The maximum absolute atomic E-state index is 14.4. The molecule has 0 spiro atoms. The summed E-state index contributed by atoms with van der Waals surface area (Å²) in [5, 5.41) is 0. The molecule has 3 aromatic rings. The Labute approximate surface area is 206 Å². The van der Waals surface area contributed by atoms with Crippen molar-refractivity contribution >= 4 is 5.97 Å². The SMILES string of the molecule is COC(=O)C[C@@H](c1ccc2c(c1)OC(c1ccc(-c3cc(OC)ccc3F)cc1)CC2)C1CCC1. The number of hydrogen-bond donors (Lipinski definition) is 0. The lowest BCUT2D eigenvalue weighted by atomic mass is 9.71. The van der Waals surface area contributed by atoms with Crippen LogP contribution in [-0.4, -0.2) is 20.2 Å². The monoisotopic (exact) mass is 474 g/mol. The van der Waals surface area contributed by atoms with Gasteiger partial charge in [0.2, 0.25) is 0 Å². The van der Waals surface area contributed by atoms with Gasteiger partial charge in [0, 0.05) is 5.56 Å². The van der Waals surface area contributed by atoms with Gasteiger partial charge in [0.25, 0.3) is 0 Å². The van der Waals surface area contributed by atoms with Gasteiger partial charge in [0.1, 0.15) is 23.4 Å². The van der Waals surface area contributed by atoms with E-state index in [0.717, 1.165) is 48.1 Å². The normalized spacial score (nSPS) is 18.1. The molecular formula is C30H31FO4. The van der Waals surface area contributed by atoms with Crippen molar-refractivity contribution in [1.29, 1.82) is 0 Å². The van der Waals surface area contributed by atoms with Gasteiger partial charge in [-0.05, 0) is 84.0 Å². The minimum Gasteiger partial charge on any atom is -0.497 e. The molecular weight excluding hydrogens is 443 g/mol. The molecule has 1 fully saturated rings. The molecule has 2 atom stereocenters. The van der Waals surface area contributed by atoms with E-state index in [1.165, 1.54) is 25.2 Å². The molecule has 4 nitrogen and oxygen atoms in total. The summed E-state index contributed by atoms with van der Waals surface area (Å²) in [7, 11) is 3.03. The van der Waals surface area contributed by atoms with Crippen molar-refractivity contribution < 1.29 is 23.4 Å². The molecule has 0 aromatic heterocycles. The molecule has 1 saturated carbocycles. The van der Waals surface area contributed by atoms with Crippen molar-refractivity contribution in [3.8, 4) is 22.6 Å². The van der Waals surface area contributed by atoms with Crippen LogP contribution in [0.15, 0.2) is 60.7 Å². The van der Waals surface area contributed by atoms with E-state index in [4.69, 9.17) is 14.2 Å². The number of halogens is 1. The smallest absolute Gasteiger partial charge is 0.306 e. The van der Waals surface area contributed by atoms with Crippen LogP contribution in [0.2, 0.25) is 0 Å². The highest BCUT2D eigenvalue weighted by molar-refractivity contribution is 5.70. The molecule has 0 radical (unpaired) electrons. The van der Waals surface area contributed by atoms with Gasteiger partial charge >= 0.3 is 5.97 Å². The maximum atomic E-state index is 14.4. The summed E-state index contributed by atoms with van der Waals surface area (Å²) in [4.78, 5) is 12.1. The second kappa shape index (κ2) is 10.1. The highest BCUT2D eigenvalue weighted by Crippen LogP contribution is 2.44. The Bertz CT molecular complexity index is 1200. The topological polar surface area (TPSA) is 44.8 Å². The number of aryl methyl sites for hydroxylation is 1. The Kier molecular flexibility index (Phi) is 6.76. The average Bonchev–Trinajstić information content (AvgIpc) is 2.87. The van der Waals surface area contributed by atoms with E-state index in [9.17, 15) is 9.18 Å². The third kappa shape index (κ3) is 4.90. The third-order valence-corrected chi connectivity index (χ3v) is 7.56. The van der Waals surface area contributed by atoms with Crippen molar-refractivity contribution in [3.63, 3.8) is 0 Å². The highest BCUT2D eigenvalue weighted by atomic mass is 19.1. The van der Waals surface area contributed by atoms with E-state index in [0.29, 0.717) is 23.7 Å². The minimum absolute atomic E-state index is 0.0651. The first-order valence-corrected chi connectivity index (χ1v) is 12.4. The van der Waals surface area contributed by atoms with Crippen LogP contribution in [0, 0.1) is 11.7 Å². The number of esters is 1. The van der Waals surface area contributed by atoms with Crippen LogP contribution in [-0.2, 0) is 16.0 Å². The predicted octanol–water partition coefficient (Wildman–Crippen LogP) is 7.01. The van der Waals surface area contributed by atoms with Crippen molar-refractivity contribution in [2.75, 3.05) is 14.2 Å². The molecule has 5 rings (SSSR count). The Balaban J connectivity index is 1.35. The van der Waals surface area contributed by atoms with Gasteiger partial charge in [-0.25, -0.2) is 4.39 Å². The van der Waals surface area contributed by atoms with E-state index < -0.39 is 0 Å². The largest absolute Gasteiger partial charge is 0.497 e. The van der Waals surface area contributed by atoms with Crippen molar-refractivity contribution in [2.24, 2.45) is 5.92 Å². The van der Waals surface area contributed by atoms with Gasteiger partial charge in [-0.3, -0.25) is 4.79 Å². The molecule has 0 N–H and O–H groups in total. The van der Waals surface area contributed by atoms with Crippen molar-refractivity contribution in [1.82, 2.24) is 0 Å². The Morgan fingerprint density at radius 3 is 2.51 bits per heavy atom. The Hall–Kier alpha value is -3.34. The second-order valence-corrected chi connectivity index (χ2v) is 9.56. The van der Waals surface area contributed by atoms with Crippen LogP contribution in [0.25, 0.3) is 11.1 Å². The van der Waals surface area contributed by atoms with Gasteiger partial charge < -0.3 is 14.2 Å². The molecule has 0 saturated heterocycles. The number of carbonyl (C=O) groups is 1. The zero-order valence-electron chi connectivity index (χ0n) is 20.3. The molecule has 0 bridgehead atoms. The molecule has 1 heterocycles. The Morgan fingerprint density at radius 1 is 1.03 bits per heavy atom. The molecule has 1 aliphatic carbocycles. The van der Waals surface area contributed by atoms with Crippen LogP contribution in [0.5, 0.6) is 11.5 Å². The summed E-state index contributed by atoms with van der Waals surface area (Å²) in [5.41, 5.74) is 4.74. The standard InChI is InChI=1S/C30H31FO4/c1-33-24-13-14-27(31)26(17-24)20-6-8-21(9-7-20)28-15-12-22-10-11-23(16-29(22)35-28)25(18-30(32)34-2)19-4-3-5-19/h6-11,13-14,16-17,19,25,28H,3-5,12,15,18H2,1-2H3/t25-,28?/m1/s1. The number of benzene rings is 3. The van der Waals surface area contributed by atoms with E-state index in [-0.39, 0.29) is 23.8 Å². The van der Waals surface area contributed by atoms with Crippen LogP contribution in [0.4, 0.5) is 4.39 Å². The molecule has 5 heteroatoms. The maximum Gasteiger partial charge on any atom is 0.306 e. The van der Waals surface area contributed by atoms with E-state index in [1.54, 1.807) is 19.2 Å². The lowest BCUT2D eigenvalue weighted by Gasteiger charge is -2.34. The number of hydrogen-bond acceptors (Lipinski definition) is 4. The molecule has 3 aromatic carbocycles. The summed E-state index contributed by atoms with van der Waals surface area (Å²) in [6.07, 6.45) is 5.69. The van der Waals surface area contributed by atoms with Crippen molar-refractivity contribution in [3.05, 3.63) is 83.2 Å². The van der Waals surface area contributed by atoms with Crippen molar-refractivity contribution in [2.45, 2.75) is 50.5 Å². The quantitative estimate of drug-likeness (QED) is 0.345. The average molecular weight is 475 g/mol. The fourth-order valence-electron chi connectivity index (χ4n) is 5.24. The van der Waals surface area contributed by atoms with Gasteiger partial charge in [-0.2, -0.15) is 0 Å². The van der Waals surface area contributed by atoms with Crippen LogP contribution >= 0.6 is 0 Å². The molecule has 1 aliphatic heterocycles. The van der Waals surface area contributed by atoms with E-state index in [2.05, 4.69) is 18.2 Å². The van der Waals surface area contributed by atoms with Crippen LogP contribution in [0.3, 0.4) is 0 Å². The first-order valence-electron chi connectivity index (χ1n) is 12.4. The van der Waals surface area contributed by atoms with Crippen LogP contribution < -0.4 is 9.47 Å². The number of ether oxygens (including phenoxy) is 3. The highest BCUT2D eigenvalue weighted by Gasteiger charge is 2.32.